The van der Waals surface area contributed by atoms with Crippen LogP contribution in [0, 0.1) is 5.92 Å². The Labute approximate surface area is 124 Å². The highest BCUT2D eigenvalue weighted by Crippen LogP contribution is 2.45. The second-order valence-corrected chi connectivity index (χ2v) is 6.39. The number of para-hydroxylation sites is 1. The predicted octanol–water partition coefficient (Wildman–Crippen LogP) is 2.67. The average Bonchev–Trinajstić information content (AvgIpc) is 2.68. The molecule has 0 fully saturated rings. The monoisotopic (exact) mass is 282 g/mol. The number of hydrogen-bond donors (Lipinski definition) is 1. The van der Waals surface area contributed by atoms with Gasteiger partial charge in [-0.3, -0.25) is 10.3 Å². The van der Waals surface area contributed by atoms with Gasteiger partial charge in [-0.05, 0) is 26.3 Å². The summed E-state index contributed by atoms with van der Waals surface area (Å²) < 4.78 is 8.27. The first-order valence-electron chi connectivity index (χ1n) is 7.52. The number of benzene rings is 1. The van der Waals surface area contributed by atoms with Crippen LogP contribution in [0.15, 0.2) is 42.9 Å². The van der Waals surface area contributed by atoms with Crippen LogP contribution in [0.4, 0.5) is 5.82 Å². The van der Waals surface area contributed by atoms with E-state index in [0.717, 1.165) is 24.6 Å². The van der Waals surface area contributed by atoms with Crippen molar-refractivity contribution in [2.75, 3.05) is 11.9 Å². The molecule has 0 spiro atoms. The normalized spacial score (nSPS) is 25.4. The molecule has 2 atom stereocenters. The summed E-state index contributed by atoms with van der Waals surface area (Å²) in [5.41, 5.74) is 1.28. The summed E-state index contributed by atoms with van der Waals surface area (Å²) >= 11 is 0. The quantitative estimate of drug-likeness (QED) is 0.755. The van der Waals surface area contributed by atoms with Gasteiger partial charge in [0.15, 0.2) is 0 Å². The zero-order valence-corrected chi connectivity index (χ0v) is 12.4. The maximum atomic E-state index is 5.97. The Balaban J connectivity index is 1.89. The fourth-order valence-corrected chi connectivity index (χ4v) is 3.80. The summed E-state index contributed by atoms with van der Waals surface area (Å²) in [6, 6.07) is 8.64. The Kier molecular flexibility index (Phi) is 2.67. The Morgan fingerprint density at radius 2 is 2.19 bits per heavy atom. The van der Waals surface area contributed by atoms with E-state index in [1.54, 1.807) is 0 Å². The van der Waals surface area contributed by atoms with Crippen molar-refractivity contribution in [1.29, 1.82) is 0 Å². The van der Waals surface area contributed by atoms with E-state index in [2.05, 4.69) is 53.1 Å². The lowest BCUT2D eigenvalue weighted by atomic mass is 9.75. The van der Waals surface area contributed by atoms with Gasteiger partial charge in [0.05, 0.1) is 12.8 Å². The van der Waals surface area contributed by atoms with Crippen molar-refractivity contribution in [3.8, 4) is 5.75 Å². The lowest BCUT2D eigenvalue weighted by molar-refractivity contribution is -0.759. The molecule has 0 aliphatic carbocycles. The molecule has 2 aliphatic rings. The number of aromatic nitrogens is 2. The van der Waals surface area contributed by atoms with E-state index in [-0.39, 0.29) is 11.6 Å². The van der Waals surface area contributed by atoms with Gasteiger partial charge >= 0.3 is 0 Å². The number of rotatable bonds is 0. The fraction of sp³-hybridized carbons (Fsp3) is 0.412. The van der Waals surface area contributed by atoms with Crippen LogP contribution in [0.3, 0.4) is 0 Å². The third-order valence-corrected chi connectivity index (χ3v) is 4.93. The Bertz CT molecular complexity index is 683. The Hall–Kier alpha value is -2.10. The second-order valence-electron chi connectivity index (χ2n) is 6.39. The van der Waals surface area contributed by atoms with E-state index < -0.39 is 0 Å². The van der Waals surface area contributed by atoms with E-state index in [1.165, 1.54) is 5.56 Å². The number of ether oxygens (including phenoxy) is 1. The van der Waals surface area contributed by atoms with E-state index in [0.29, 0.717) is 5.92 Å². The van der Waals surface area contributed by atoms with E-state index in [1.807, 2.05) is 18.5 Å². The fourth-order valence-electron chi connectivity index (χ4n) is 3.80. The number of fused-ring (bicyclic) bond motifs is 4. The molecule has 3 heterocycles. The Morgan fingerprint density at radius 3 is 3.10 bits per heavy atom. The Morgan fingerprint density at radius 1 is 1.33 bits per heavy atom. The van der Waals surface area contributed by atoms with Gasteiger partial charge in [-0.15, -0.1) is 0 Å². The molecule has 0 radical (unpaired) electrons. The molecule has 4 nitrogen and oxygen atoms in total. The zero-order chi connectivity index (χ0) is 14.4. The minimum Gasteiger partial charge on any atom is -0.493 e. The number of nitrogens with zero attached hydrogens (tertiary/aromatic N) is 2. The molecule has 4 rings (SSSR count). The van der Waals surface area contributed by atoms with Gasteiger partial charge in [-0.25, -0.2) is 4.57 Å². The highest BCUT2D eigenvalue weighted by molar-refractivity contribution is 5.43. The molecule has 21 heavy (non-hydrogen) atoms. The molecule has 4 heteroatoms. The maximum absolute atomic E-state index is 5.97. The summed E-state index contributed by atoms with van der Waals surface area (Å²) in [7, 11) is 0. The molecular weight excluding hydrogens is 262 g/mol. The number of anilines is 1. The minimum atomic E-state index is 0.0228. The molecule has 0 saturated carbocycles. The van der Waals surface area contributed by atoms with Crippen molar-refractivity contribution in [2.24, 2.45) is 5.92 Å². The largest absolute Gasteiger partial charge is 0.493 e. The molecule has 2 aliphatic heterocycles. The van der Waals surface area contributed by atoms with Gasteiger partial charge < -0.3 is 4.74 Å². The van der Waals surface area contributed by atoms with Crippen molar-refractivity contribution in [2.45, 2.75) is 31.8 Å². The van der Waals surface area contributed by atoms with Gasteiger partial charge in [-0.1, -0.05) is 18.2 Å². The van der Waals surface area contributed by atoms with Gasteiger partial charge in [0.1, 0.15) is 29.7 Å². The first-order valence-corrected chi connectivity index (χ1v) is 7.52. The first-order chi connectivity index (χ1) is 10.2. The van der Waals surface area contributed by atoms with Gasteiger partial charge in [0.25, 0.3) is 5.82 Å². The molecule has 2 aromatic rings. The van der Waals surface area contributed by atoms with Crippen LogP contribution in [0.1, 0.15) is 31.9 Å². The van der Waals surface area contributed by atoms with Gasteiger partial charge in [-0.2, -0.15) is 0 Å². The molecule has 0 bridgehead atoms. The highest BCUT2D eigenvalue weighted by Gasteiger charge is 2.49. The van der Waals surface area contributed by atoms with Gasteiger partial charge in [0, 0.05) is 11.5 Å². The van der Waals surface area contributed by atoms with Crippen molar-refractivity contribution >= 4 is 5.82 Å². The standard InChI is InChI=1S/C17H19N3O/c1-17(2)13-7-10-21-14-6-4-3-5-12(14)16(13)19-15-11-18-8-9-20(15)17/h3-6,8-9,11,13,16H,7,10H2,1-2H3/p+1/t13-,16+/m0/s1. The van der Waals surface area contributed by atoms with Gasteiger partial charge in [0.2, 0.25) is 0 Å². The van der Waals surface area contributed by atoms with Crippen LogP contribution >= 0.6 is 0 Å². The van der Waals surface area contributed by atoms with Crippen LogP contribution in [0.25, 0.3) is 0 Å². The molecular formula is C17H20N3O+. The summed E-state index contributed by atoms with van der Waals surface area (Å²) in [5, 5.41) is 3.67. The number of nitrogens with one attached hydrogen (secondary N) is 1. The molecule has 0 unspecified atom stereocenters. The van der Waals surface area contributed by atoms with Crippen molar-refractivity contribution in [3.63, 3.8) is 0 Å². The number of hydrogen-bond acceptors (Lipinski definition) is 3. The maximum Gasteiger partial charge on any atom is 0.294 e. The highest BCUT2D eigenvalue weighted by atomic mass is 16.5. The SMILES string of the molecule is CC1(C)[C@H]2CCOc3ccccc3[C@H]2Nc2cncc[n+]21. The third kappa shape index (κ3) is 1.82. The first kappa shape index (κ1) is 12.6. The van der Waals surface area contributed by atoms with Crippen molar-refractivity contribution in [3.05, 3.63) is 48.4 Å². The molecule has 1 aromatic heterocycles. The second kappa shape index (κ2) is 4.45. The smallest absolute Gasteiger partial charge is 0.294 e. The van der Waals surface area contributed by atoms with Crippen molar-refractivity contribution in [1.82, 2.24) is 4.98 Å². The molecule has 1 aromatic carbocycles. The summed E-state index contributed by atoms with van der Waals surface area (Å²) in [5.74, 6) is 2.55. The average molecular weight is 282 g/mol. The van der Waals surface area contributed by atoms with Crippen LogP contribution in [-0.4, -0.2) is 11.6 Å². The molecule has 108 valence electrons. The summed E-state index contributed by atoms with van der Waals surface area (Å²) in [6.07, 6.45) is 6.87. The molecule has 0 amide bonds. The molecule has 0 saturated heterocycles. The summed E-state index contributed by atoms with van der Waals surface area (Å²) in [4.78, 5) is 4.27. The summed E-state index contributed by atoms with van der Waals surface area (Å²) in [6.45, 7) is 5.39. The van der Waals surface area contributed by atoms with Crippen LogP contribution in [0.5, 0.6) is 5.75 Å². The van der Waals surface area contributed by atoms with Crippen LogP contribution in [0.2, 0.25) is 0 Å². The molecule has 1 N–H and O–H groups in total. The third-order valence-electron chi connectivity index (χ3n) is 4.93. The topological polar surface area (TPSA) is 38.0 Å². The van der Waals surface area contributed by atoms with E-state index in [4.69, 9.17) is 4.74 Å². The minimum absolute atomic E-state index is 0.0228. The van der Waals surface area contributed by atoms with E-state index in [9.17, 15) is 0 Å². The van der Waals surface area contributed by atoms with Crippen LogP contribution in [-0.2, 0) is 5.54 Å². The zero-order valence-electron chi connectivity index (χ0n) is 12.4. The van der Waals surface area contributed by atoms with E-state index >= 15 is 0 Å². The van der Waals surface area contributed by atoms with Crippen LogP contribution < -0.4 is 14.6 Å². The lowest BCUT2D eigenvalue weighted by Crippen LogP contribution is -2.63. The lowest BCUT2D eigenvalue weighted by Gasteiger charge is -2.40. The van der Waals surface area contributed by atoms with Crippen molar-refractivity contribution < 1.29 is 9.30 Å². The predicted molar refractivity (Wildman–Crippen MR) is 80.2 cm³/mol.